The first-order valence-electron chi connectivity index (χ1n) is 3.80. The molecule has 3 heteroatoms. The quantitative estimate of drug-likeness (QED) is 0.631. The van der Waals surface area contributed by atoms with E-state index in [2.05, 4.69) is 34.6 Å². The van der Waals surface area contributed by atoms with Crippen molar-refractivity contribution >= 4 is 20.4 Å². The molecule has 1 atom stereocenters. The molecule has 1 rings (SSSR count). The van der Waals surface area contributed by atoms with Crippen LogP contribution in [0.2, 0.25) is 0 Å². The van der Waals surface area contributed by atoms with Gasteiger partial charge in [0.05, 0.1) is 0 Å². The normalized spacial score (nSPS) is 10.5. The van der Waals surface area contributed by atoms with Gasteiger partial charge < -0.3 is 10.3 Å². The molecule has 0 fully saturated rings. The van der Waals surface area contributed by atoms with Crippen molar-refractivity contribution in [2.24, 2.45) is 0 Å². The van der Waals surface area contributed by atoms with Gasteiger partial charge in [-0.15, -0.1) is 9.24 Å². The van der Waals surface area contributed by atoms with Gasteiger partial charge >= 0.3 is 0 Å². The van der Waals surface area contributed by atoms with Crippen molar-refractivity contribution in [2.45, 2.75) is 27.3 Å². The predicted octanol–water partition coefficient (Wildman–Crippen LogP) is 1.21. The van der Waals surface area contributed by atoms with Crippen LogP contribution < -0.4 is 11.0 Å². The summed E-state index contributed by atoms with van der Waals surface area (Å²) in [4.78, 5) is 0. The minimum atomic E-state index is 0.882. The van der Waals surface area contributed by atoms with E-state index in [-0.39, 0.29) is 0 Å². The van der Waals surface area contributed by atoms with E-state index in [1.165, 1.54) is 11.3 Å². The van der Waals surface area contributed by atoms with Crippen molar-refractivity contribution in [2.75, 3.05) is 5.73 Å². The smallest absolute Gasteiger partial charge is 0.111 e. The van der Waals surface area contributed by atoms with Crippen LogP contribution in [0.15, 0.2) is 0 Å². The zero-order valence-electron chi connectivity index (χ0n) is 7.31. The van der Waals surface area contributed by atoms with E-state index in [0.29, 0.717) is 0 Å². The Bertz CT molecular complexity index is 251. The van der Waals surface area contributed by atoms with Gasteiger partial charge in [0.25, 0.3) is 0 Å². The third-order valence-electron chi connectivity index (χ3n) is 2.23. The van der Waals surface area contributed by atoms with Crippen LogP contribution in [-0.4, -0.2) is 4.57 Å². The SMILES string of the molecule is CCn1c(C)c(C)c(P)c1N. The average Bonchev–Trinajstić information content (AvgIpc) is 2.17. The minimum Gasteiger partial charge on any atom is -0.385 e. The number of hydrogen-bond acceptors (Lipinski definition) is 1. The third kappa shape index (κ3) is 1.16. The average molecular weight is 170 g/mol. The molecular formula is C8H15N2P. The first-order valence-corrected chi connectivity index (χ1v) is 4.38. The van der Waals surface area contributed by atoms with Crippen molar-refractivity contribution in [3.63, 3.8) is 0 Å². The van der Waals surface area contributed by atoms with Gasteiger partial charge in [0, 0.05) is 17.5 Å². The maximum atomic E-state index is 5.86. The predicted molar refractivity (Wildman–Crippen MR) is 53.3 cm³/mol. The number of hydrogen-bond donors (Lipinski definition) is 1. The molecule has 0 spiro atoms. The highest BCUT2D eigenvalue weighted by Gasteiger charge is 2.09. The molecule has 2 nitrogen and oxygen atoms in total. The second-order valence-corrected chi connectivity index (χ2v) is 3.33. The third-order valence-corrected chi connectivity index (χ3v) is 2.96. The fourth-order valence-electron chi connectivity index (χ4n) is 1.32. The summed E-state index contributed by atoms with van der Waals surface area (Å²) in [5, 5.41) is 1.14. The van der Waals surface area contributed by atoms with E-state index in [1.807, 2.05) is 0 Å². The zero-order chi connectivity index (χ0) is 8.59. The summed E-state index contributed by atoms with van der Waals surface area (Å²) in [6.07, 6.45) is 0. The van der Waals surface area contributed by atoms with Crippen LogP contribution in [0.25, 0.3) is 0 Å². The minimum absolute atomic E-state index is 0.882. The zero-order valence-corrected chi connectivity index (χ0v) is 8.46. The number of nitrogens with two attached hydrogens (primary N) is 1. The molecule has 1 aromatic rings. The van der Waals surface area contributed by atoms with Gasteiger partial charge in [0.2, 0.25) is 0 Å². The lowest BCUT2D eigenvalue weighted by Crippen LogP contribution is -2.06. The van der Waals surface area contributed by atoms with Gasteiger partial charge in [-0.3, -0.25) is 0 Å². The van der Waals surface area contributed by atoms with Crippen LogP contribution in [0, 0.1) is 13.8 Å². The highest BCUT2D eigenvalue weighted by Crippen LogP contribution is 2.16. The van der Waals surface area contributed by atoms with E-state index in [9.17, 15) is 0 Å². The first kappa shape index (κ1) is 8.61. The standard InChI is InChI=1S/C8H15N2P/c1-4-10-6(3)5(2)7(11)8(10)9/h4,9,11H2,1-3H3. The van der Waals surface area contributed by atoms with Crippen molar-refractivity contribution in [3.05, 3.63) is 11.3 Å². The molecule has 0 aromatic carbocycles. The Morgan fingerprint density at radius 1 is 1.45 bits per heavy atom. The Balaban J connectivity index is 3.36. The number of nitrogens with zero attached hydrogens (tertiary/aromatic N) is 1. The lowest BCUT2D eigenvalue weighted by molar-refractivity contribution is 0.751. The molecular weight excluding hydrogens is 155 g/mol. The van der Waals surface area contributed by atoms with Gasteiger partial charge in [-0.2, -0.15) is 0 Å². The van der Waals surface area contributed by atoms with Crippen LogP contribution in [0.4, 0.5) is 5.82 Å². The molecule has 0 radical (unpaired) electrons. The fraction of sp³-hybridized carbons (Fsp3) is 0.500. The van der Waals surface area contributed by atoms with Crippen LogP contribution in [0.5, 0.6) is 0 Å². The summed E-state index contributed by atoms with van der Waals surface area (Å²) < 4.78 is 2.12. The lowest BCUT2D eigenvalue weighted by atomic mass is 10.3. The topological polar surface area (TPSA) is 30.9 Å². The second-order valence-electron chi connectivity index (χ2n) is 2.75. The van der Waals surface area contributed by atoms with Gasteiger partial charge in [-0.1, -0.05) is 0 Å². The monoisotopic (exact) mass is 170 g/mol. The largest absolute Gasteiger partial charge is 0.385 e. The molecule has 0 amide bonds. The van der Waals surface area contributed by atoms with E-state index < -0.39 is 0 Å². The molecule has 62 valence electrons. The lowest BCUT2D eigenvalue weighted by Gasteiger charge is -2.03. The Hall–Kier alpha value is -0.490. The summed E-state index contributed by atoms with van der Waals surface area (Å²) in [5.41, 5.74) is 8.42. The first-order chi connectivity index (χ1) is 5.09. The summed E-state index contributed by atoms with van der Waals surface area (Å²) in [6.45, 7) is 7.25. The Kier molecular flexibility index (Phi) is 2.24. The molecule has 1 unspecified atom stereocenters. The van der Waals surface area contributed by atoms with E-state index in [0.717, 1.165) is 17.7 Å². The second kappa shape index (κ2) is 2.86. The molecule has 0 saturated heterocycles. The molecule has 0 aliphatic carbocycles. The Morgan fingerprint density at radius 3 is 2.18 bits per heavy atom. The molecule has 2 N–H and O–H groups in total. The van der Waals surface area contributed by atoms with E-state index >= 15 is 0 Å². The molecule has 0 saturated carbocycles. The molecule has 0 aliphatic heterocycles. The van der Waals surface area contributed by atoms with Gasteiger partial charge in [0.1, 0.15) is 5.82 Å². The molecule has 1 heterocycles. The van der Waals surface area contributed by atoms with Crippen LogP contribution in [0.1, 0.15) is 18.2 Å². The molecule has 0 aliphatic rings. The highest BCUT2D eigenvalue weighted by molar-refractivity contribution is 7.28. The number of aromatic nitrogens is 1. The Morgan fingerprint density at radius 2 is 2.00 bits per heavy atom. The summed E-state index contributed by atoms with van der Waals surface area (Å²) in [6, 6.07) is 0. The van der Waals surface area contributed by atoms with Crippen LogP contribution in [-0.2, 0) is 6.54 Å². The molecule has 0 bridgehead atoms. The molecule has 11 heavy (non-hydrogen) atoms. The van der Waals surface area contributed by atoms with Crippen molar-refractivity contribution in [1.29, 1.82) is 0 Å². The molecule has 1 aromatic heterocycles. The number of anilines is 1. The van der Waals surface area contributed by atoms with Crippen molar-refractivity contribution < 1.29 is 0 Å². The number of rotatable bonds is 1. The maximum absolute atomic E-state index is 5.86. The van der Waals surface area contributed by atoms with Gasteiger partial charge in [-0.05, 0) is 26.3 Å². The van der Waals surface area contributed by atoms with Gasteiger partial charge in [-0.25, -0.2) is 0 Å². The van der Waals surface area contributed by atoms with Crippen molar-refractivity contribution in [1.82, 2.24) is 4.57 Å². The summed E-state index contributed by atoms with van der Waals surface area (Å²) in [7, 11) is 2.68. The van der Waals surface area contributed by atoms with Crippen LogP contribution >= 0.6 is 9.24 Å². The summed E-state index contributed by atoms with van der Waals surface area (Å²) in [5.74, 6) is 0.882. The number of nitrogen functional groups attached to an aromatic ring is 1. The fourth-order valence-corrected chi connectivity index (χ4v) is 1.69. The maximum Gasteiger partial charge on any atom is 0.111 e. The summed E-state index contributed by atoms with van der Waals surface area (Å²) >= 11 is 0. The Labute approximate surface area is 70.0 Å². The highest BCUT2D eigenvalue weighted by atomic mass is 31.0. The van der Waals surface area contributed by atoms with Crippen LogP contribution in [0.3, 0.4) is 0 Å². The van der Waals surface area contributed by atoms with Crippen molar-refractivity contribution in [3.8, 4) is 0 Å². The van der Waals surface area contributed by atoms with E-state index in [4.69, 9.17) is 5.73 Å². The van der Waals surface area contributed by atoms with E-state index in [1.54, 1.807) is 0 Å². The van der Waals surface area contributed by atoms with Gasteiger partial charge in [0.15, 0.2) is 0 Å².